The summed E-state index contributed by atoms with van der Waals surface area (Å²) in [7, 11) is 0. The van der Waals surface area contributed by atoms with Crippen LogP contribution in [0.2, 0.25) is 0 Å². The zero-order valence-electron chi connectivity index (χ0n) is 17.1. The van der Waals surface area contributed by atoms with Gasteiger partial charge in [-0.05, 0) is 92.0 Å². The molecule has 154 valence electrons. The van der Waals surface area contributed by atoms with Crippen molar-refractivity contribution in [2.24, 2.45) is 17.8 Å². The van der Waals surface area contributed by atoms with Gasteiger partial charge < -0.3 is 0 Å². The fourth-order valence-electron chi connectivity index (χ4n) is 5.48. The second kappa shape index (κ2) is 8.82. The van der Waals surface area contributed by atoms with Crippen LogP contribution in [0, 0.1) is 47.3 Å². The third-order valence-corrected chi connectivity index (χ3v) is 7.41. The molecule has 3 heteroatoms. The van der Waals surface area contributed by atoms with E-state index in [2.05, 4.69) is 19.1 Å². The third kappa shape index (κ3) is 4.47. The molecule has 0 N–H and O–H groups in total. The van der Waals surface area contributed by atoms with E-state index in [4.69, 9.17) is 0 Å². The quantitative estimate of drug-likeness (QED) is 0.460. The molecule has 2 aliphatic rings. The van der Waals surface area contributed by atoms with Crippen molar-refractivity contribution in [1.82, 2.24) is 0 Å². The molecule has 29 heavy (non-hydrogen) atoms. The topological polar surface area (TPSA) is 0 Å². The van der Waals surface area contributed by atoms with Gasteiger partial charge >= 0.3 is 0 Å². The minimum absolute atomic E-state index is 0.288. The lowest BCUT2D eigenvalue weighted by molar-refractivity contribution is 0.158. The lowest BCUT2D eigenvalue weighted by Gasteiger charge is -2.37. The van der Waals surface area contributed by atoms with Gasteiger partial charge in [-0.15, -0.1) is 0 Å². The van der Waals surface area contributed by atoms with E-state index in [9.17, 15) is 13.2 Å². The molecule has 2 aliphatic carbocycles. The van der Waals surface area contributed by atoms with Crippen LogP contribution in [0.3, 0.4) is 0 Å². The summed E-state index contributed by atoms with van der Waals surface area (Å²) in [5.74, 6) is -0.557. The van der Waals surface area contributed by atoms with Crippen LogP contribution in [0.1, 0.15) is 76.2 Å². The highest BCUT2D eigenvalue weighted by atomic mass is 19.2. The van der Waals surface area contributed by atoms with Gasteiger partial charge in [0.2, 0.25) is 0 Å². The third-order valence-electron chi connectivity index (χ3n) is 7.41. The smallest absolute Gasteiger partial charge is 0.194 e. The van der Waals surface area contributed by atoms with Crippen LogP contribution in [0.4, 0.5) is 13.2 Å². The Hall–Kier alpha value is -1.95. The molecule has 0 saturated heterocycles. The van der Waals surface area contributed by atoms with E-state index < -0.39 is 17.5 Å². The lowest BCUT2D eigenvalue weighted by Crippen LogP contribution is -2.25. The van der Waals surface area contributed by atoms with Crippen LogP contribution in [0.15, 0.2) is 24.3 Å². The van der Waals surface area contributed by atoms with Gasteiger partial charge in [-0.25, -0.2) is 13.2 Å². The minimum Gasteiger partial charge on any atom is -0.204 e. The number of benzene rings is 1. The molecule has 0 bridgehead atoms. The number of rotatable bonds is 4. The predicted molar refractivity (Wildman–Crippen MR) is 110 cm³/mol. The summed E-state index contributed by atoms with van der Waals surface area (Å²) in [6.45, 7) is 2.32. The van der Waals surface area contributed by atoms with Gasteiger partial charge in [0.1, 0.15) is 0 Å². The Morgan fingerprint density at radius 2 is 1.38 bits per heavy atom. The SMILES string of the molecule is CCC1CCC(C2CCC(c3c#cc(-c4cc(F)c(F)c(F)c4)cc3)CC2)CC1. The minimum atomic E-state index is -1.44. The molecular formula is C26H29F3. The maximum atomic E-state index is 13.5. The first-order valence-corrected chi connectivity index (χ1v) is 11.1. The summed E-state index contributed by atoms with van der Waals surface area (Å²) in [5.41, 5.74) is 1.95. The molecule has 0 aliphatic heterocycles. The summed E-state index contributed by atoms with van der Waals surface area (Å²) in [5, 5.41) is 0. The van der Waals surface area contributed by atoms with Gasteiger partial charge in [0.25, 0.3) is 0 Å². The molecule has 0 spiro atoms. The monoisotopic (exact) mass is 398 g/mol. The first-order chi connectivity index (χ1) is 14.0. The highest BCUT2D eigenvalue weighted by Crippen LogP contribution is 2.44. The van der Waals surface area contributed by atoms with E-state index in [0.29, 0.717) is 11.5 Å². The maximum Gasteiger partial charge on any atom is 0.194 e. The molecular weight excluding hydrogens is 369 g/mol. The molecule has 0 nitrogen and oxygen atoms in total. The molecule has 2 saturated carbocycles. The first-order valence-electron chi connectivity index (χ1n) is 11.1. The van der Waals surface area contributed by atoms with Crippen molar-refractivity contribution in [3.05, 3.63) is 59.4 Å². The van der Waals surface area contributed by atoms with Crippen LogP contribution in [-0.4, -0.2) is 0 Å². The van der Waals surface area contributed by atoms with E-state index in [-0.39, 0.29) is 5.56 Å². The van der Waals surface area contributed by atoms with Crippen molar-refractivity contribution in [3.63, 3.8) is 0 Å². The zero-order chi connectivity index (χ0) is 20.4. The standard InChI is InChI=1S/C26H29F3/c1-2-17-3-5-18(6-4-17)19-7-9-20(10-8-19)21-11-13-22(14-12-21)23-15-24(27)26(29)25(28)16-23/h11,13,15-20H,2-10H2,1H3. The molecule has 0 heterocycles. The molecule has 2 aromatic carbocycles. The highest BCUT2D eigenvalue weighted by Gasteiger charge is 2.31. The van der Waals surface area contributed by atoms with Crippen molar-refractivity contribution in [2.75, 3.05) is 0 Å². The van der Waals surface area contributed by atoms with Gasteiger partial charge in [-0.1, -0.05) is 38.3 Å². The summed E-state index contributed by atoms with van der Waals surface area (Å²) >= 11 is 0. The summed E-state index contributed by atoms with van der Waals surface area (Å²) in [6, 6.07) is 12.1. The molecule has 0 atom stereocenters. The van der Waals surface area contributed by atoms with E-state index in [1.807, 2.05) is 12.1 Å². The lowest BCUT2D eigenvalue weighted by atomic mass is 9.68. The second-order valence-corrected chi connectivity index (χ2v) is 9.01. The second-order valence-electron chi connectivity index (χ2n) is 9.01. The fourth-order valence-corrected chi connectivity index (χ4v) is 5.48. The maximum absolute atomic E-state index is 13.5. The van der Waals surface area contributed by atoms with Gasteiger partial charge in [0, 0.05) is 11.1 Å². The molecule has 4 rings (SSSR count). The number of halogens is 3. The highest BCUT2D eigenvalue weighted by molar-refractivity contribution is 5.62. The average Bonchev–Trinajstić information content (AvgIpc) is 2.77. The van der Waals surface area contributed by atoms with E-state index in [1.165, 1.54) is 57.8 Å². The molecule has 0 unspecified atom stereocenters. The summed E-state index contributed by atoms with van der Waals surface area (Å²) in [6.07, 6.45) is 11.9. The Morgan fingerprint density at radius 1 is 0.793 bits per heavy atom. The fraction of sp³-hybridized carbons (Fsp3) is 0.538. The van der Waals surface area contributed by atoms with Crippen LogP contribution in [0.25, 0.3) is 11.1 Å². The molecule has 0 amide bonds. The Bertz CT molecular complexity index is 787. The zero-order valence-corrected chi connectivity index (χ0v) is 17.1. The van der Waals surface area contributed by atoms with Gasteiger partial charge in [-0.3, -0.25) is 0 Å². The summed E-state index contributed by atoms with van der Waals surface area (Å²) in [4.78, 5) is 0. The molecule has 2 aromatic rings. The van der Waals surface area contributed by atoms with E-state index in [0.717, 1.165) is 35.4 Å². The van der Waals surface area contributed by atoms with Crippen molar-refractivity contribution in [1.29, 1.82) is 0 Å². The summed E-state index contributed by atoms with van der Waals surface area (Å²) < 4.78 is 40.1. The van der Waals surface area contributed by atoms with Gasteiger partial charge in [0.15, 0.2) is 17.5 Å². The van der Waals surface area contributed by atoms with Gasteiger partial charge in [-0.2, -0.15) is 0 Å². The molecule has 0 aromatic heterocycles. The number of hydrogen-bond donors (Lipinski definition) is 0. The van der Waals surface area contributed by atoms with E-state index >= 15 is 0 Å². The molecule has 0 radical (unpaired) electrons. The Morgan fingerprint density at radius 3 is 1.90 bits per heavy atom. The Balaban J connectivity index is 1.36. The Kier molecular flexibility index (Phi) is 6.18. The Labute approximate surface area is 172 Å². The van der Waals surface area contributed by atoms with Crippen molar-refractivity contribution in [2.45, 2.75) is 70.6 Å². The van der Waals surface area contributed by atoms with Crippen LogP contribution >= 0.6 is 0 Å². The van der Waals surface area contributed by atoms with Crippen LogP contribution in [-0.2, 0) is 0 Å². The van der Waals surface area contributed by atoms with Crippen molar-refractivity contribution < 1.29 is 13.2 Å². The van der Waals surface area contributed by atoms with Crippen molar-refractivity contribution >= 4 is 0 Å². The van der Waals surface area contributed by atoms with E-state index in [1.54, 1.807) is 0 Å². The van der Waals surface area contributed by atoms with Crippen LogP contribution in [0.5, 0.6) is 0 Å². The van der Waals surface area contributed by atoms with Gasteiger partial charge in [0.05, 0.1) is 0 Å². The molecule has 2 fully saturated rings. The first kappa shape index (κ1) is 20.3. The number of hydrogen-bond acceptors (Lipinski definition) is 0. The van der Waals surface area contributed by atoms with Crippen molar-refractivity contribution in [3.8, 4) is 11.1 Å². The largest absolute Gasteiger partial charge is 0.204 e. The average molecular weight is 399 g/mol. The van der Waals surface area contributed by atoms with Crippen LogP contribution < -0.4 is 0 Å². The normalized spacial score (nSPS) is 27.4. The predicted octanol–water partition coefficient (Wildman–Crippen LogP) is 7.86.